The quantitative estimate of drug-likeness (QED) is 0.261. The Morgan fingerprint density at radius 2 is 1.86 bits per heavy atom. The van der Waals surface area contributed by atoms with E-state index < -0.39 is 41.6 Å². The van der Waals surface area contributed by atoms with E-state index in [-0.39, 0.29) is 31.4 Å². The van der Waals surface area contributed by atoms with Crippen LogP contribution in [0.4, 0.5) is 4.79 Å². The van der Waals surface area contributed by atoms with Gasteiger partial charge in [-0.1, -0.05) is 37.8 Å². The minimum absolute atomic E-state index is 0.00423. The maximum absolute atomic E-state index is 13.8. The molecule has 206 valence electrons. The average molecular weight is 536 g/mol. The number of ether oxygens (including phenoxy) is 2. The number of alkyl carbamates (subject to hydrolysis) is 1. The molecule has 3 atom stereocenters. The first-order valence-electron chi connectivity index (χ1n) is 12.5. The molecule has 0 bridgehead atoms. The molecule has 1 rings (SSSR count). The first-order valence-corrected chi connectivity index (χ1v) is 13.1. The number of rotatable bonds is 13. The van der Waals surface area contributed by atoms with Crippen LogP contribution in [0.1, 0.15) is 71.6 Å². The summed E-state index contributed by atoms with van der Waals surface area (Å²) in [6, 6.07) is 4.70. The van der Waals surface area contributed by atoms with Crippen molar-refractivity contribution < 1.29 is 28.7 Å². The molecule has 37 heavy (non-hydrogen) atoms. The topological polar surface area (TPSA) is 114 Å². The molecule has 1 aromatic carbocycles. The zero-order chi connectivity index (χ0) is 28.2. The van der Waals surface area contributed by atoms with Gasteiger partial charge in [0.25, 0.3) is 0 Å². The Morgan fingerprint density at radius 3 is 2.41 bits per heavy atom. The van der Waals surface area contributed by atoms with Crippen LogP contribution < -0.4 is 10.6 Å². The summed E-state index contributed by atoms with van der Waals surface area (Å²) in [5, 5.41) is 5.35. The van der Waals surface area contributed by atoms with Gasteiger partial charge in [-0.2, -0.15) is 12.6 Å². The number of nitrogens with zero attached hydrogens (tertiary/aromatic N) is 1. The molecule has 0 saturated carbocycles. The standard InChI is InChI=1S/C27H41N3O6S/c1-8-18(4)30(25(33)21(17-37)29-26(34)36-27(5,6)7)23(20-13-11-12-19(9-2)16-20)24(32)28-15-14-22(31)35-10-3/h9,11-13,16,18,21,23,37H,2,8,10,14-15,17H2,1,3-7H3,(H,28,32)(H,29,34). The average Bonchev–Trinajstić information content (AvgIpc) is 2.83. The van der Waals surface area contributed by atoms with E-state index in [1.54, 1.807) is 52.0 Å². The van der Waals surface area contributed by atoms with E-state index in [2.05, 4.69) is 29.8 Å². The van der Waals surface area contributed by atoms with Gasteiger partial charge in [-0.25, -0.2) is 4.79 Å². The summed E-state index contributed by atoms with van der Waals surface area (Å²) in [6.07, 6.45) is 1.43. The van der Waals surface area contributed by atoms with E-state index in [4.69, 9.17) is 9.47 Å². The summed E-state index contributed by atoms with van der Waals surface area (Å²) >= 11 is 4.29. The van der Waals surface area contributed by atoms with Crippen molar-refractivity contribution in [3.63, 3.8) is 0 Å². The number of nitrogens with one attached hydrogen (secondary N) is 2. The summed E-state index contributed by atoms with van der Waals surface area (Å²) < 4.78 is 10.2. The zero-order valence-electron chi connectivity index (χ0n) is 22.7. The molecule has 10 heteroatoms. The molecular formula is C27H41N3O6S. The van der Waals surface area contributed by atoms with Crippen molar-refractivity contribution in [3.8, 4) is 0 Å². The Kier molecular flexibility index (Phi) is 13.2. The van der Waals surface area contributed by atoms with Gasteiger partial charge in [0.2, 0.25) is 11.8 Å². The maximum atomic E-state index is 13.8. The van der Waals surface area contributed by atoms with Crippen LogP contribution in [0.25, 0.3) is 6.08 Å². The molecule has 0 radical (unpaired) electrons. The lowest BCUT2D eigenvalue weighted by molar-refractivity contribution is -0.145. The fraction of sp³-hybridized carbons (Fsp3) is 0.556. The molecule has 9 nitrogen and oxygen atoms in total. The molecule has 3 amide bonds. The molecule has 1 aromatic rings. The number of carbonyl (C=O) groups is 4. The fourth-order valence-corrected chi connectivity index (χ4v) is 3.77. The summed E-state index contributed by atoms with van der Waals surface area (Å²) in [7, 11) is 0. The highest BCUT2D eigenvalue weighted by Gasteiger charge is 2.38. The predicted molar refractivity (Wildman–Crippen MR) is 147 cm³/mol. The lowest BCUT2D eigenvalue weighted by Gasteiger charge is -2.38. The molecule has 0 heterocycles. The summed E-state index contributed by atoms with van der Waals surface area (Å²) in [4.78, 5) is 53.1. The van der Waals surface area contributed by atoms with Crippen molar-refractivity contribution in [1.82, 2.24) is 15.5 Å². The van der Waals surface area contributed by atoms with E-state index in [1.807, 2.05) is 19.9 Å². The number of benzene rings is 1. The van der Waals surface area contributed by atoms with Crippen molar-refractivity contribution in [2.24, 2.45) is 0 Å². The van der Waals surface area contributed by atoms with Gasteiger partial charge < -0.3 is 25.0 Å². The first kappa shape index (κ1) is 32.0. The highest BCUT2D eigenvalue weighted by molar-refractivity contribution is 7.80. The predicted octanol–water partition coefficient (Wildman–Crippen LogP) is 3.89. The van der Waals surface area contributed by atoms with Gasteiger partial charge in [0, 0.05) is 18.3 Å². The number of thiol groups is 1. The Labute approximate surface area is 225 Å². The van der Waals surface area contributed by atoms with Gasteiger partial charge in [0.1, 0.15) is 17.7 Å². The van der Waals surface area contributed by atoms with Gasteiger partial charge in [-0.15, -0.1) is 0 Å². The van der Waals surface area contributed by atoms with Gasteiger partial charge >= 0.3 is 12.1 Å². The van der Waals surface area contributed by atoms with Crippen molar-refractivity contribution in [2.45, 2.75) is 78.1 Å². The molecule has 0 spiro atoms. The third-order valence-electron chi connectivity index (χ3n) is 5.41. The number of carbonyl (C=O) groups excluding carboxylic acids is 4. The number of hydrogen-bond donors (Lipinski definition) is 3. The van der Waals surface area contributed by atoms with E-state index >= 15 is 0 Å². The lowest BCUT2D eigenvalue weighted by atomic mass is 9.98. The summed E-state index contributed by atoms with van der Waals surface area (Å²) in [5.41, 5.74) is 0.586. The minimum atomic E-state index is -1.04. The molecule has 0 aromatic heterocycles. The van der Waals surface area contributed by atoms with Crippen LogP contribution in [0.3, 0.4) is 0 Å². The summed E-state index contributed by atoms with van der Waals surface area (Å²) in [5.74, 6) is -1.38. The van der Waals surface area contributed by atoms with Crippen LogP contribution in [0.2, 0.25) is 0 Å². The second-order valence-electron chi connectivity index (χ2n) is 9.51. The van der Waals surface area contributed by atoms with Gasteiger partial charge in [0.05, 0.1) is 13.0 Å². The normalized spacial score (nSPS) is 13.5. The second-order valence-corrected chi connectivity index (χ2v) is 9.87. The Bertz CT molecular complexity index is 946. The van der Waals surface area contributed by atoms with E-state index in [0.717, 1.165) is 5.56 Å². The highest BCUT2D eigenvalue weighted by Crippen LogP contribution is 2.27. The molecule has 0 fully saturated rings. The molecule has 0 aliphatic heterocycles. The highest BCUT2D eigenvalue weighted by atomic mass is 32.1. The lowest BCUT2D eigenvalue weighted by Crippen LogP contribution is -2.56. The van der Waals surface area contributed by atoms with Crippen LogP contribution in [-0.4, -0.2) is 65.4 Å². The second kappa shape index (κ2) is 15.3. The summed E-state index contributed by atoms with van der Waals surface area (Å²) in [6.45, 7) is 14.7. The Morgan fingerprint density at radius 1 is 1.19 bits per heavy atom. The Balaban J connectivity index is 3.40. The van der Waals surface area contributed by atoms with Gasteiger partial charge in [-0.3, -0.25) is 14.4 Å². The maximum Gasteiger partial charge on any atom is 0.408 e. The van der Waals surface area contributed by atoms with Gasteiger partial charge in [0.15, 0.2) is 0 Å². The number of esters is 1. The molecule has 0 saturated heterocycles. The third kappa shape index (κ3) is 10.5. The Hall–Kier alpha value is -3.01. The largest absolute Gasteiger partial charge is 0.466 e. The monoisotopic (exact) mass is 535 g/mol. The van der Waals surface area contributed by atoms with Crippen molar-refractivity contribution in [3.05, 3.63) is 42.0 Å². The van der Waals surface area contributed by atoms with Crippen LogP contribution >= 0.6 is 12.6 Å². The zero-order valence-corrected chi connectivity index (χ0v) is 23.6. The van der Waals surface area contributed by atoms with E-state index in [1.165, 1.54) is 4.90 Å². The number of hydrogen-bond acceptors (Lipinski definition) is 7. The van der Waals surface area contributed by atoms with E-state index in [9.17, 15) is 19.2 Å². The molecule has 0 aliphatic rings. The molecule has 0 aliphatic carbocycles. The fourth-order valence-electron chi connectivity index (χ4n) is 3.52. The van der Waals surface area contributed by atoms with Crippen LogP contribution in [-0.2, 0) is 23.9 Å². The molecule has 3 unspecified atom stereocenters. The van der Waals surface area contributed by atoms with Crippen molar-refractivity contribution >= 4 is 42.6 Å². The first-order chi connectivity index (χ1) is 17.4. The van der Waals surface area contributed by atoms with Crippen LogP contribution in [0.15, 0.2) is 30.8 Å². The third-order valence-corrected chi connectivity index (χ3v) is 5.78. The minimum Gasteiger partial charge on any atom is -0.466 e. The van der Waals surface area contributed by atoms with E-state index in [0.29, 0.717) is 12.0 Å². The molecular weight excluding hydrogens is 494 g/mol. The number of amides is 3. The van der Waals surface area contributed by atoms with Crippen LogP contribution in [0.5, 0.6) is 0 Å². The van der Waals surface area contributed by atoms with Crippen molar-refractivity contribution in [1.29, 1.82) is 0 Å². The van der Waals surface area contributed by atoms with Crippen LogP contribution in [0, 0.1) is 0 Å². The molecule has 2 N–H and O–H groups in total. The van der Waals surface area contributed by atoms with Gasteiger partial charge in [-0.05, 0) is 58.2 Å². The SMILES string of the molecule is C=Cc1cccc(C(C(=O)NCCC(=O)OCC)N(C(=O)C(CS)NC(=O)OC(C)(C)C)C(C)CC)c1. The van der Waals surface area contributed by atoms with Crippen molar-refractivity contribution in [2.75, 3.05) is 18.9 Å². The smallest absolute Gasteiger partial charge is 0.408 e.